The van der Waals surface area contributed by atoms with Crippen LogP contribution in [0.4, 0.5) is 11.4 Å². The average molecular weight is 607 g/mol. The van der Waals surface area contributed by atoms with Gasteiger partial charge < -0.3 is 13.9 Å². The molecule has 0 aromatic heterocycles. The van der Waals surface area contributed by atoms with E-state index >= 15 is 0 Å². The van der Waals surface area contributed by atoms with Crippen LogP contribution in [0.25, 0.3) is 54.9 Å². The van der Waals surface area contributed by atoms with Crippen molar-refractivity contribution in [3.8, 4) is 44.9 Å². The quantitative estimate of drug-likeness (QED) is 0.120. The minimum atomic E-state index is -3.98. The van der Waals surface area contributed by atoms with Crippen LogP contribution in [0.15, 0.2) is 109 Å². The molecular weight excluding hydrogens is 587 g/mol. The Morgan fingerprint density at radius 3 is 1.35 bits per heavy atom. The third-order valence-electron chi connectivity index (χ3n) is 7.44. The number of nitrogens with zero attached hydrogens (tertiary/aromatic N) is 2. The van der Waals surface area contributed by atoms with E-state index in [2.05, 4.69) is 0 Å². The monoisotopic (exact) mass is 606 g/mol. The summed E-state index contributed by atoms with van der Waals surface area (Å²) in [5.41, 5.74) is 3.57. The molecule has 0 saturated heterocycles. The molecule has 0 radical (unpaired) electrons. The minimum absolute atomic E-state index is 0.0590. The van der Waals surface area contributed by atoms with E-state index in [1.807, 2.05) is 60.7 Å². The molecular formula is C32H19N2O7PS. The van der Waals surface area contributed by atoms with Crippen molar-refractivity contribution in [1.82, 2.24) is 0 Å². The molecule has 0 fully saturated rings. The summed E-state index contributed by atoms with van der Waals surface area (Å²) in [6.45, 7) is -3.98. The zero-order chi connectivity index (χ0) is 29.9. The summed E-state index contributed by atoms with van der Waals surface area (Å²) < 4.78 is 12.4. The molecule has 0 spiro atoms. The third kappa shape index (κ3) is 4.58. The van der Waals surface area contributed by atoms with Crippen LogP contribution >= 0.6 is 6.72 Å². The Bertz CT molecular complexity index is 2030. The van der Waals surface area contributed by atoms with Crippen molar-refractivity contribution in [3.63, 3.8) is 0 Å². The summed E-state index contributed by atoms with van der Waals surface area (Å²) in [5.74, 6) is 0.589. The molecule has 6 aromatic carbocycles. The summed E-state index contributed by atoms with van der Waals surface area (Å²) in [5, 5.41) is 26.0. The van der Waals surface area contributed by atoms with Gasteiger partial charge in [-0.3, -0.25) is 20.2 Å². The van der Waals surface area contributed by atoms with Gasteiger partial charge in [-0.05, 0) is 69.1 Å². The summed E-state index contributed by atoms with van der Waals surface area (Å²) in [6, 6.07) is 31.4. The number of hydrogen-bond donors (Lipinski definition) is 1. The second-order valence-corrected chi connectivity index (χ2v) is 12.6. The molecule has 11 heteroatoms. The van der Waals surface area contributed by atoms with Crippen molar-refractivity contribution in [3.05, 3.63) is 129 Å². The molecule has 0 unspecified atom stereocenters. The van der Waals surface area contributed by atoms with E-state index in [4.69, 9.17) is 20.9 Å². The minimum Gasteiger partial charge on any atom is -0.414 e. The van der Waals surface area contributed by atoms with E-state index in [1.54, 1.807) is 24.3 Å². The Balaban J connectivity index is 1.62. The zero-order valence-electron chi connectivity index (χ0n) is 22.0. The first-order valence-corrected chi connectivity index (χ1v) is 15.6. The third-order valence-corrected chi connectivity index (χ3v) is 8.72. The molecule has 1 aliphatic heterocycles. The smallest absolute Gasteiger partial charge is 0.414 e. The molecule has 0 aliphatic carbocycles. The molecule has 1 heterocycles. The highest BCUT2D eigenvalue weighted by atomic mass is 32.5. The fourth-order valence-electron chi connectivity index (χ4n) is 5.55. The summed E-state index contributed by atoms with van der Waals surface area (Å²) in [6.07, 6.45) is 0. The number of benzene rings is 6. The van der Waals surface area contributed by atoms with Crippen molar-refractivity contribution >= 4 is 51.4 Å². The summed E-state index contributed by atoms with van der Waals surface area (Å²) in [7, 11) is 0. The SMILES string of the molecule is O=[N+]([O-])c1ccc(-c2cc3ccccc3c3c2OP(O)(=S)Oc2c(-c4ccc([N+](=O)[O-])cc4)cc4ccccc4c2-3)cc1. The molecule has 1 aliphatic rings. The van der Waals surface area contributed by atoms with Gasteiger partial charge in [-0.2, -0.15) is 0 Å². The van der Waals surface area contributed by atoms with E-state index in [9.17, 15) is 25.1 Å². The second-order valence-electron chi connectivity index (χ2n) is 9.96. The van der Waals surface area contributed by atoms with Crippen molar-refractivity contribution < 1.29 is 23.8 Å². The molecule has 0 atom stereocenters. The normalized spacial score (nSPS) is 13.3. The lowest BCUT2D eigenvalue weighted by atomic mass is 9.86. The Morgan fingerprint density at radius 1 is 0.605 bits per heavy atom. The highest BCUT2D eigenvalue weighted by Crippen LogP contribution is 2.61. The number of hydrogen-bond acceptors (Lipinski definition) is 7. The van der Waals surface area contributed by atoms with Gasteiger partial charge in [-0.15, -0.1) is 0 Å². The number of fused-ring (bicyclic) bond motifs is 7. The van der Waals surface area contributed by atoms with Crippen LogP contribution in [0, 0.1) is 20.2 Å². The number of rotatable bonds is 4. The molecule has 0 amide bonds. The van der Waals surface area contributed by atoms with Crippen molar-refractivity contribution in [1.29, 1.82) is 0 Å². The van der Waals surface area contributed by atoms with Crippen LogP contribution in [-0.2, 0) is 11.8 Å². The van der Waals surface area contributed by atoms with E-state index in [1.165, 1.54) is 24.3 Å². The Kier molecular flexibility index (Phi) is 6.21. The topological polar surface area (TPSA) is 125 Å². The largest absolute Gasteiger partial charge is 0.432 e. The lowest BCUT2D eigenvalue weighted by Gasteiger charge is -2.19. The Morgan fingerprint density at radius 2 is 0.977 bits per heavy atom. The lowest BCUT2D eigenvalue weighted by molar-refractivity contribution is -0.385. The van der Waals surface area contributed by atoms with Gasteiger partial charge in [0.2, 0.25) is 0 Å². The number of nitro groups is 2. The maximum absolute atomic E-state index is 11.5. The first-order chi connectivity index (χ1) is 20.7. The van der Waals surface area contributed by atoms with E-state index < -0.39 is 16.6 Å². The maximum atomic E-state index is 11.5. The van der Waals surface area contributed by atoms with Gasteiger partial charge >= 0.3 is 6.72 Å². The maximum Gasteiger partial charge on any atom is 0.432 e. The molecule has 6 aromatic rings. The van der Waals surface area contributed by atoms with Crippen LogP contribution in [0.1, 0.15) is 0 Å². The highest BCUT2D eigenvalue weighted by Gasteiger charge is 2.34. The number of non-ortho nitro benzene ring substituents is 2. The average Bonchev–Trinajstić information content (AvgIpc) is 3.13. The van der Waals surface area contributed by atoms with E-state index in [-0.39, 0.29) is 11.4 Å². The van der Waals surface area contributed by atoms with Gasteiger partial charge in [0.25, 0.3) is 11.4 Å². The van der Waals surface area contributed by atoms with Gasteiger partial charge in [-0.25, -0.2) is 0 Å². The molecule has 7 rings (SSSR count). The van der Waals surface area contributed by atoms with Crippen molar-refractivity contribution in [2.45, 2.75) is 0 Å². The summed E-state index contributed by atoms with van der Waals surface area (Å²) >= 11 is 5.55. The fraction of sp³-hybridized carbons (Fsp3) is 0. The molecule has 210 valence electrons. The van der Waals surface area contributed by atoms with Gasteiger partial charge in [-0.1, -0.05) is 48.5 Å². The summed E-state index contributed by atoms with van der Waals surface area (Å²) in [4.78, 5) is 33.2. The van der Waals surface area contributed by atoms with Crippen LogP contribution in [0.3, 0.4) is 0 Å². The predicted octanol–water partition coefficient (Wildman–Crippen LogP) is 8.80. The van der Waals surface area contributed by atoms with Crippen molar-refractivity contribution in [2.75, 3.05) is 0 Å². The lowest BCUT2D eigenvalue weighted by Crippen LogP contribution is -2.00. The standard InChI is InChI=1S/C32H19N2O7PS/c35-33(36)23-13-9-19(10-14-23)27-17-21-5-1-3-7-25(21)29-30-26-8-4-2-6-22(26)18-28(20-11-15-24(16-12-20)34(37)38)32(30)41-42(39,43)40-31(27)29/h1-18H,(H,39,43). The van der Waals surface area contributed by atoms with Crippen LogP contribution < -0.4 is 9.05 Å². The molecule has 0 bridgehead atoms. The van der Waals surface area contributed by atoms with Crippen molar-refractivity contribution in [2.24, 2.45) is 0 Å². The Labute approximate surface area is 249 Å². The first kappa shape index (κ1) is 26.7. The van der Waals surface area contributed by atoms with Gasteiger partial charge in [0.05, 0.1) is 9.85 Å². The second kappa shape index (κ2) is 9.99. The van der Waals surface area contributed by atoms with Gasteiger partial charge in [0.1, 0.15) is 11.5 Å². The van der Waals surface area contributed by atoms with Crippen LogP contribution in [0.2, 0.25) is 0 Å². The number of nitro benzene ring substituents is 2. The molecule has 0 saturated carbocycles. The van der Waals surface area contributed by atoms with Gasteiger partial charge in [0.15, 0.2) is 0 Å². The van der Waals surface area contributed by atoms with Crippen LogP contribution in [0.5, 0.6) is 11.5 Å². The molecule has 9 nitrogen and oxygen atoms in total. The molecule has 1 N–H and O–H groups in total. The van der Waals surface area contributed by atoms with E-state index in [0.717, 1.165) is 21.5 Å². The van der Waals surface area contributed by atoms with Gasteiger partial charge in [0, 0.05) is 58.3 Å². The molecule has 43 heavy (non-hydrogen) atoms. The fourth-order valence-corrected chi connectivity index (χ4v) is 6.87. The van der Waals surface area contributed by atoms with Crippen LogP contribution in [-0.4, -0.2) is 14.7 Å². The zero-order valence-corrected chi connectivity index (χ0v) is 23.7. The predicted molar refractivity (Wildman–Crippen MR) is 169 cm³/mol. The van der Waals surface area contributed by atoms with E-state index in [0.29, 0.717) is 44.9 Å². The highest BCUT2D eigenvalue weighted by molar-refractivity contribution is 8.07. The first-order valence-electron chi connectivity index (χ1n) is 13.0. The Hall–Kier alpha value is -5.15.